The second kappa shape index (κ2) is 8.93. The number of hydrogen-bond donors (Lipinski definition) is 1. The third-order valence-corrected chi connectivity index (χ3v) is 5.37. The van der Waals surface area contributed by atoms with E-state index in [1.165, 1.54) is 25.4 Å². The number of amides is 1. The van der Waals surface area contributed by atoms with E-state index in [9.17, 15) is 18.0 Å². The van der Waals surface area contributed by atoms with E-state index < -0.39 is 11.9 Å². The highest BCUT2D eigenvalue weighted by atomic mass is 19.4. The van der Waals surface area contributed by atoms with Crippen molar-refractivity contribution in [3.63, 3.8) is 0 Å². The fourth-order valence-corrected chi connectivity index (χ4v) is 3.57. The quantitative estimate of drug-likeness (QED) is 0.642. The first-order chi connectivity index (χ1) is 15.8. The van der Waals surface area contributed by atoms with Gasteiger partial charge in [0.05, 0.1) is 19.0 Å². The molecule has 4 rings (SSSR count). The van der Waals surface area contributed by atoms with Gasteiger partial charge in [-0.15, -0.1) is 0 Å². The molecular formula is C22H21F3N6O2. The standard InChI is InChI=1S/C22H21F3N6O2/c1-33-18-10-17(27-13-16(18)14-2-4-19(28-11-14)22(23,24)25)21(32)31-8-6-30(7-9-31)15-3-5-20(26)29-12-15/h2-5,10-13H,6-9H2,1H3,(H2,26,29). The Bertz CT molecular complexity index is 1130. The van der Waals surface area contributed by atoms with E-state index in [1.54, 1.807) is 17.2 Å². The number of carbonyl (C=O) groups is 1. The molecule has 1 aliphatic heterocycles. The molecule has 3 aromatic rings. The molecule has 11 heteroatoms. The molecule has 0 radical (unpaired) electrons. The minimum absolute atomic E-state index is 0.193. The lowest BCUT2D eigenvalue weighted by atomic mass is 10.1. The summed E-state index contributed by atoms with van der Waals surface area (Å²) in [5, 5.41) is 0. The predicted octanol–water partition coefficient (Wildman–Crippen LogP) is 3.11. The van der Waals surface area contributed by atoms with Gasteiger partial charge in [0.25, 0.3) is 5.91 Å². The van der Waals surface area contributed by atoms with E-state index in [0.29, 0.717) is 48.9 Å². The molecule has 0 saturated carbocycles. The minimum atomic E-state index is -4.52. The van der Waals surface area contributed by atoms with E-state index in [1.807, 2.05) is 6.07 Å². The first-order valence-electron chi connectivity index (χ1n) is 10.1. The van der Waals surface area contributed by atoms with Gasteiger partial charge < -0.3 is 20.3 Å². The first-order valence-corrected chi connectivity index (χ1v) is 10.1. The van der Waals surface area contributed by atoms with Crippen LogP contribution in [-0.4, -0.2) is 59.0 Å². The van der Waals surface area contributed by atoms with Crippen LogP contribution in [0, 0.1) is 0 Å². The van der Waals surface area contributed by atoms with Crippen LogP contribution in [-0.2, 0) is 6.18 Å². The second-order valence-electron chi connectivity index (χ2n) is 7.42. The van der Waals surface area contributed by atoms with Crippen LogP contribution in [0.3, 0.4) is 0 Å². The highest BCUT2D eigenvalue weighted by Crippen LogP contribution is 2.32. The zero-order chi connectivity index (χ0) is 23.6. The lowest BCUT2D eigenvalue weighted by Crippen LogP contribution is -2.49. The highest BCUT2D eigenvalue weighted by molar-refractivity contribution is 5.93. The summed E-state index contributed by atoms with van der Waals surface area (Å²) in [6, 6.07) is 7.30. The molecule has 33 heavy (non-hydrogen) atoms. The monoisotopic (exact) mass is 458 g/mol. The Balaban J connectivity index is 1.47. The predicted molar refractivity (Wildman–Crippen MR) is 116 cm³/mol. The number of aromatic nitrogens is 3. The lowest BCUT2D eigenvalue weighted by Gasteiger charge is -2.35. The van der Waals surface area contributed by atoms with Gasteiger partial charge in [0.2, 0.25) is 0 Å². The molecular weight excluding hydrogens is 437 g/mol. The van der Waals surface area contributed by atoms with Gasteiger partial charge in [-0.3, -0.25) is 14.8 Å². The zero-order valence-electron chi connectivity index (χ0n) is 17.7. The summed E-state index contributed by atoms with van der Waals surface area (Å²) in [6.45, 7) is 2.25. The van der Waals surface area contributed by atoms with Gasteiger partial charge in [-0.05, 0) is 18.2 Å². The van der Waals surface area contributed by atoms with Crippen molar-refractivity contribution in [3.05, 3.63) is 60.3 Å². The van der Waals surface area contributed by atoms with Crippen LogP contribution in [0.15, 0.2) is 48.9 Å². The smallest absolute Gasteiger partial charge is 0.433 e. The van der Waals surface area contributed by atoms with Crippen LogP contribution in [0.4, 0.5) is 24.7 Å². The Labute approximate surface area is 187 Å². The summed E-state index contributed by atoms with van der Waals surface area (Å²) in [5.74, 6) is 0.519. The van der Waals surface area contributed by atoms with E-state index in [0.717, 1.165) is 18.0 Å². The Kier molecular flexibility index (Phi) is 6.03. The number of halogens is 3. The molecule has 0 atom stereocenters. The van der Waals surface area contributed by atoms with Crippen molar-refractivity contribution in [2.45, 2.75) is 6.18 Å². The minimum Gasteiger partial charge on any atom is -0.496 e. The maximum Gasteiger partial charge on any atom is 0.433 e. The molecule has 0 bridgehead atoms. The van der Waals surface area contributed by atoms with Crippen LogP contribution in [0.5, 0.6) is 5.75 Å². The number of nitrogens with two attached hydrogens (primary N) is 1. The number of nitrogens with zero attached hydrogens (tertiary/aromatic N) is 5. The molecule has 0 aromatic carbocycles. The number of carbonyl (C=O) groups excluding carboxylic acids is 1. The highest BCUT2D eigenvalue weighted by Gasteiger charge is 2.32. The molecule has 0 spiro atoms. The zero-order valence-corrected chi connectivity index (χ0v) is 17.7. The number of hydrogen-bond acceptors (Lipinski definition) is 7. The number of ether oxygens (including phenoxy) is 1. The van der Waals surface area contributed by atoms with Gasteiger partial charge in [-0.25, -0.2) is 4.98 Å². The summed E-state index contributed by atoms with van der Waals surface area (Å²) in [4.78, 5) is 28.6. The fraction of sp³-hybridized carbons (Fsp3) is 0.273. The molecule has 2 N–H and O–H groups in total. The molecule has 1 saturated heterocycles. The van der Waals surface area contributed by atoms with Crippen molar-refractivity contribution in [1.82, 2.24) is 19.9 Å². The molecule has 8 nitrogen and oxygen atoms in total. The van der Waals surface area contributed by atoms with Crippen molar-refractivity contribution >= 4 is 17.4 Å². The molecule has 4 heterocycles. The number of piperazine rings is 1. The maximum absolute atomic E-state index is 13.0. The van der Waals surface area contributed by atoms with Crippen molar-refractivity contribution in [2.24, 2.45) is 0 Å². The van der Waals surface area contributed by atoms with Gasteiger partial charge in [0.15, 0.2) is 0 Å². The van der Waals surface area contributed by atoms with Crippen LogP contribution < -0.4 is 15.4 Å². The van der Waals surface area contributed by atoms with E-state index >= 15 is 0 Å². The van der Waals surface area contributed by atoms with Gasteiger partial charge in [0.1, 0.15) is 23.0 Å². The summed E-state index contributed by atoms with van der Waals surface area (Å²) in [7, 11) is 1.42. The number of pyridine rings is 3. The van der Waals surface area contributed by atoms with Crippen molar-refractivity contribution < 1.29 is 22.7 Å². The first kappa shape index (κ1) is 22.3. The molecule has 1 aliphatic rings. The second-order valence-corrected chi connectivity index (χ2v) is 7.42. The van der Waals surface area contributed by atoms with Crippen molar-refractivity contribution in [2.75, 3.05) is 43.9 Å². The molecule has 172 valence electrons. The number of nitrogen functional groups attached to an aromatic ring is 1. The molecule has 0 unspecified atom stereocenters. The molecule has 1 fully saturated rings. The number of anilines is 2. The Morgan fingerprint density at radius 2 is 1.76 bits per heavy atom. The Hall–Kier alpha value is -3.89. The SMILES string of the molecule is COc1cc(C(=O)N2CCN(c3ccc(N)nc3)CC2)ncc1-c1ccc(C(F)(F)F)nc1. The number of alkyl halides is 3. The maximum atomic E-state index is 13.0. The summed E-state index contributed by atoms with van der Waals surface area (Å²) in [5.41, 5.74) is 6.61. The summed E-state index contributed by atoms with van der Waals surface area (Å²) >= 11 is 0. The third kappa shape index (κ3) is 4.81. The summed E-state index contributed by atoms with van der Waals surface area (Å²) < 4.78 is 43.7. The fourth-order valence-electron chi connectivity index (χ4n) is 3.57. The van der Waals surface area contributed by atoms with Crippen molar-refractivity contribution in [1.29, 1.82) is 0 Å². The molecule has 0 aliphatic carbocycles. The van der Waals surface area contributed by atoms with Crippen LogP contribution in [0.25, 0.3) is 11.1 Å². The average molecular weight is 458 g/mol. The van der Waals surface area contributed by atoms with Crippen LogP contribution in [0.1, 0.15) is 16.2 Å². The van der Waals surface area contributed by atoms with E-state index in [4.69, 9.17) is 10.5 Å². The topological polar surface area (TPSA) is 97.5 Å². The molecule has 3 aromatic heterocycles. The van der Waals surface area contributed by atoms with E-state index in [2.05, 4.69) is 19.9 Å². The van der Waals surface area contributed by atoms with Gasteiger partial charge in [-0.1, -0.05) is 6.07 Å². The Morgan fingerprint density at radius 3 is 2.33 bits per heavy atom. The van der Waals surface area contributed by atoms with Crippen LogP contribution >= 0.6 is 0 Å². The number of rotatable bonds is 4. The Morgan fingerprint density at radius 1 is 1.00 bits per heavy atom. The van der Waals surface area contributed by atoms with Crippen LogP contribution in [0.2, 0.25) is 0 Å². The lowest BCUT2D eigenvalue weighted by molar-refractivity contribution is -0.141. The third-order valence-electron chi connectivity index (χ3n) is 5.37. The van der Waals surface area contributed by atoms with E-state index in [-0.39, 0.29) is 11.6 Å². The van der Waals surface area contributed by atoms with Gasteiger partial charge in [-0.2, -0.15) is 13.2 Å². The van der Waals surface area contributed by atoms with Gasteiger partial charge in [0, 0.05) is 55.8 Å². The largest absolute Gasteiger partial charge is 0.496 e. The van der Waals surface area contributed by atoms with Gasteiger partial charge >= 0.3 is 6.18 Å². The number of methoxy groups -OCH3 is 1. The normalized spacial score (nSPS) is 14.3. The average Bonchev–Trinajstić information content (AvgIpc) is 2.83. The van der Waals surface area contributed by atoms with Crippen molar-refractivity contribution in [3.8, 4) is 16.9 Å². The molecule has 1 amide bonds. The summed E-state index contributed by atoms with van der Waals surface area (Å²) in [6.07, 6.45) is -0.304.